The second-order valence-corrected chi connectivity index (χ2v) is 3.15. The number of hydrogen-bond donors (Lipinski definition) is 0. The predicted molar refractivity (Wildman–Crippen MR) is 47.3 cm³/mol. The number of halogens is 3. The highest BCUT2D eigenvalue weighted by Gasteiger charge is 2.27. The quantitative estimate of drug-likeness (QED) is 0.470. The molecular weight excluding hydrogens is 264 g/mol. The first-order valence-electron chi connectivity index (χ1n) is 3.35. The average molecular weight is 268 g/mol. The predicted octanol–water partition coefficient (Wildman–Crippen LogP) is 2.64. The van der Waals surface area contributed by atoms with Gasteiger partial charge in [-0.25, -0.2) is 4.39 Å². The summed E-state index contributed by atoms with van der Waals surface area (Å²) in [6.07, 6.45) is 0. The molecule has 1 rings (SSSR count). The zero-order valence-corrected chi connectivity index (χ0v) is 8.47. The summed E-state index contributed by atoms with van der Waals surface area (Å²) in [4.78, 5) is 9.36. The molecule has 0 aliphatic rings. The highest BCUT2D eigenvalue weighted by Crippen LogP contribution is 2.38. The van der Waals surface area contributed by atoms with Crippen LogP contribution in [0.5, 0.6) is 5.75 Å². The van der Waals surface area contributed by atoms with E-state index >= 15 is 0 Å². The van der Waals surface area contributed by atoms with Crippen molar-refractivity contribution < 1.29 is 18.4 Å². The highest BCUT2D eigenvalue weighted by molar-refractivity contribution is 9.10. The first-order valence-corrected chi connectivity index (χ1v) is 4.14. The van der Waals surface area contributed by atoms with Gasteiger partial charge in [-0.1, -0.05) is 0 Å². The number of hydrogen-bond acceptors (Lipinski definition) is 3. The first-order chi connectivity index (χ1) is 6.49. The molecule has 76 valence electrons. The monoisotopic (exact) mass is 267 g/mol. The van der Waals surface area contributed by atoms with Crippen LogP contribution in [-0.2, 0) is 0 Å². The second-order valence-electron chi connectivity index (χ2n) is 2.29. The Labute approximate surface area is 85.8 Å². The molecule has 0 N–H and O–H groups in total. The van der Waals surface area contributed by atoms with Crippen LogP contribution in [0, 0.1) is 21.7 Å². The van der Waals surface area contributed by atoms with Crippen molar-refractivity contribution in [2.75, 3.05) is 7.11 Å². The molecule has 0 fully saturated rings. The van der Waals surface area contributed by atoms with E-state index in [0.717, 1.165) is 13.2 Å². The molecule has 0 saturated heterocycles. The van der Waals surface area contributed by atoms with E-state index in [9.17, 15) is 18.9 Å². The number of methoxy groups -OCH3 is 1. The molecule has 0 radical (unpaired) electrons. The van der Waals surface area contributed by atoms with Gasteiger partial charge in [-0.15, -0.1) is 0 Å². The second kappa shape index (κ2) is 3.87. The SMILES string of the molecule is COc1c(Br)cc(F)c(F)c1[N+](=O)[O-]. The number of nitro groups is 1. The van der Waals surface area contributed by atoms with E-state index in [-0.39, 0.29) is 10.2 Å². The maximum Gasteiger partial charge on any atom is 0.350 e. The number of ether oxygens (including phenoxy) is 1. The van der Waals surface area contributed by atoms with Gasteiger partial charge in [0.2, 0.25) is 11.6 Å². The van der Waals surface area contributed by atoms with Crippen LogP contribution in [0.1, 0.15) is 0 Å². The van der Waals surface area contributed by atoms with Gasteiger partial charge in [0.25, 0.3) is 0 Å². The van der Waals surface area contributed by atoms with E-state index in [1.165, 1.54) is 0 Å². The standard InChI is InChI=1S/C7H4BrF2NO3/c1-14-7-3(8)2-4(9)5(10)6(7)11(12)13/h2H,1H3. The molecule has 0 spiro atoms. The Morgan fingerprint density at radius 3 is 2.57 bits per heavy atom. The van der Waals surface area contributed by atoms with Gasteiger partial charge in [0.1, 0.15) is 0 Å². The van der Waals surface area contributed by atoms with E-state index in [0.29, 0.717) is 0 Å². The molecule has 7 heteroatoms. The molecule has 0 aliphatic heterocycles. The highest BCUT2D eigenvalue weighted by atomic mass is 79.9. The van der Waals surface area contributed by atoms with Crippen molar-refractivity contribution in [3.63, 3.8) is 0 Å². The summed E-state index contributed by atoms with van der Waals surface area (Å²) >= 11 is 2.82. The zero-order valence-electron chi connectivity index (χ0n) is 6.88. The van der Waals surface area contributed by atoms with Crippen LogP contribution < -0.4 is 4.74 Å². The fraction of sp³-hybridized carbons (Fsp3) is 0.143. The molecule has 0 bridgehead atoms. The molecule has 1 aromatic carbocycles. The van der Waals surface area contributed by atoms with Crippen molar-refractivity contribution >= 4 is 21.6 Å². The lowest BCUT2D eigenvalue weighted by atomic mass is 10.2. The largest absolute Gasteiger partial charge is 0.489 e. The number of benzene rings is 1. The topological polar surface area (TPSA) is 52.4 Å². The van der Waals surface area contributed by atoms with E-state index in [1.54, 1.807) is 0 Å². The first kappa shape index (κ1) is 10.8. The van der Waals surface area contributed by atoms with Gasteiger partial charge >= 0.3 is 5.69 Å². The van der Waals surface area contributed by atoms with Gasteiger partial charge in [-0.05, 0) is 22.0 Å². The minimum absolute atomic E-state index is 0.00870. The van der Waals surface area contributed by atoms with Gasteiger partial charge in [-0.2, -0.15) is 4.39 Å². The summed E-state index contributed by atoms with van der Waals surface area (Å²) < 4.78 is 30.3. The van der Waals surface area contributed by atoms with Crippen LogP contribution in [0.15, 0.2) is 10.5 Å². The van der Waals surface area contributed by atoms with Gasteiger partial charge in [0.05, 0.1) is 16.5 Å². The van der Waals surface area contributed by atoms with Gasteiger partial charge in [-0.3, -0.25) is 10.1 Å². The molecular formula is C7H4BrF2NO3. The van der Waals surface area contributed by atoms with Crippen LogP contribution in [0.2, 0.25) is 0 Å². The lowest BCUT2D eigenvalue weighted by Crippen LogP contribution is -2.00. The Hall–Kier alpha value is -1.24. The number of nitro benzene ring substituents is 1. The summed E-state index contributed by atoms with van der Waals surface area (Å²) in [6, 6.07) is 0.765. The fourth-order valence-electron chi connectivity index (χ4n) is 0.923. The molecule has 0 atom stereocenters. The van der Waals surface area contributed by atoms with Crippen molar-refractivity contribution in [2.24, 2.45) is 0 Å². The van der Waals surface area contributed by atoms with Gasteiger partial charge in [0, 0.05) is 0 Å². The third kappa shape index (κ3) is 1.67. The van der Waals surface area contributed by atoms with Crippen LogP contribution >= 0.6 is 15.9 Å². The van der Waals surface area contributed by atoms with E-state index in [2.05, 4.69) is 20.7 Å². The minimum atomic E-state index is -1.53. The zero-order chi connectivity index (χ0) is 10.9. The molecule has 0 heterocycles. The number of nitrogens with zero attached hydrogens (tertiary/aromatic N) is 1. The van der Waals surface area contributed by atoms with Crippen LogP contribution in [0.4, 0.5) is 14.5 Å². The lowest BCUT2D eigenvalue weighted by molar-refractivity contribution is -0.388. The third-order valence-electron chi connectivity index (χ3n) is 1.49. The normalized spacial score (nSPS) is 10.0. The number of rotatable bonds is 2. The maximum absolute atomic E-state index is 13.0. The van der Waals surface area contributed by atoms with Crippen molar-refractivity contribution in [1.82, 2.24) is 0 Å². The molecule has 0 aliphatic carbocycles. The molecule has 0 amide bonds. The Morgan fingerprint density at radius 1 is 1.57 bits per heavy atom. The van der Waals surface area contributed by atoms with Gasteiger partial charge in [0.15, 0.2) is 5.82 Å². The fourth-order valence-corrected chi connectivity index (χ4v) is 1.47. The Balaban J connectivity index is 3.56. The molecule has 1 aromatic rings. The van der Waals surface area contributed by atoms with E-state index in [1.807, 2.05) is 0 Å². The lowest BCUT2D eigenvalue weighted by Gasteiger charge is -2.04. The van der Waals surface area contributed by atoms with Crippen molar-refractivity contribution in [3.8, 4) is 5.75 Å². The molecule has 14 heavy (non-hydrogen) atoms. The van der Waals surface area contributed by atoms with Crippen molar-refractivity contribution in [2.45, 2.75) is 0 Å². The summed E-state index contributed by atoms with van der Waals surface area (Å²) in [5.74, 6) is -3.17. The molecule has 0 unspecified atom stereocenters. The Kier molecular flexibility index (Phi) is 3.00. The Bertz CT molecular complexity index is 397. The van der Waals surface area contributed by atoms with Crippen LogP contribution in [0.3, 0.4) is 0 Å². The minimum Gasteiger partial charge on any atom is -0.489 e. The van der Waals surface area contributed by atoms with Crippen LogP contribution in [0.25, 0.3) is 0 Å². The van der Waals surface area contributed by atoms with Crippen molar-refractivity contribution in [3.05, 3.63) is 32.3 Å². The van der Waals surface area contributed by atoms with Crippen molar-refractivity contribution in [1.29, 1.82) is 0 Å². The Morgan fingerprint density at radius 2 is 2.14 bits per heavy atom. The summed E-state index contributed by atoms with van der Waals surface area (Å²) in [7, 11) is 1.13. The summed E-state index contributed by atoms with van der Waals surface area (Å²) in [5, 5.41) is 10.4. The maximum atomic E-state index is 13.0. The third-order valence-corrected chi connectivity index (χ3v) is 2.08. The molecule has 4 nitrogen and oxygen atoms in total. The molecule has 0 aromatic heterocycles. The van der Waals surface area contributed by atoms with Gasteiger partial charge < -0.3 is 4.74 Å². The smallest absolute Gasteiger partial charge is 0.350 e. The van der Waals surface area contributed by atoms with E-state index in [4.69, 9.17) is 0 Å². The van der Waals surface area contributed by atoms with E-state index < -0.39 is 22.2 Å². The summed E-state index contributed by atoms with van der Waals surface area (Å²) in [6.45, 7) is 0. The molecule has 0 saturated carbocycles. The van der Waals surface area contributed by atoms with Crippen LogP contribution in [-0.4, -0.2) is 12.0 Å². The summed E-state index contributed by atoms with van der Waals surface area (Å²) in [5.41, 5.74) is -1.01. The average Bonchev–Trinajstić information content (AvgIpc) is 2.10.